The van der Waals surface area contributed by atoms with Crippen LogP contribution in [0.3, 0.4) is 0 Å². The maximum atomic E-state index is 2.28. The Morgan fingerprint density at radius 3 is 2.50 bits per heavy atom. The van der Waals surface area contributed by atoms with Crippen molar-refractivity contribution in [1.29, 1.82) is 0 Å². The lowest BCUT2D eigenvalue weighted by Crippen LogP contribution is -2.30. The van der Waals surface area contributed by atoms with Crippen molar-refractivity contribution in [2.75, 3.05) is 7.05 Å². The number of rotatable bonds is 1. The average Bonchev–Trinajstić information content (AvgIpc) is 2.15. The molecule has 1 aliphatic heterocycles. The van der Waals surface area contributed by atoms with Crippen LogP contribution in [-0.2, 0) is 0 Å². The summed E-state index contributed by atoms with van der Waals surface area (Å²) in [4.78, 5) is 2.28. The second kappa shape index (κ2) is 4.04. The SMILES string of the molecule is C/C=C(/C)C1=C(C)C(C)=CN(C)C1C. The van der Waals surface area contributed by atoms with Gasteiger partial charge in [-0.1, -0.05) is 6.08 Å². The third-order valence-electron chi connectivity index (χ3n) is 3.28. The second-order valence-corrected chi connectivity index (χ2v) is 4.16. The van der Waals surface area contributed by atoms with Gasteiger partial charge in [0.1, 0.15) is 0 Å². The van der Waals surface area contributed by atoms with E-state index in [9.17, 15) is 0 Å². The van der Waals surface area contributed by atoms with E-state index in [0.717, 1.165) is 0 Å². The second-order valence-electron chi connectivity index (χ2n) is 4.16. The molecule has 0 fully saturated rings. The lowest BCUT2D eigenvalue weighted by Gasteiger charge is -2.33. The fraction of sp³-hybridized carbons (Fsp3) is 0.538. The first-order valence-corrected chi connectivity index (χ1v) is 5.23. The molecule has 0 saturated heterocycles. The molecule has 1 atom stereocenters. The van der Waals surface area contributed by atoms with Gasteiger partial charge in [0.05, 0.1) is 6.04 Å². The lowest BCUT2D eigenvalue weighted by atomic mass is 9.89. The highest BCUT2D eigenvalue weighted by atomic mass is 15.1. The molecular formula is C13H21N. The highest BCUT2D eigenvalue weighted by molar-refractivity contribution is 5.47. The largest absolute Gasteiger partial charge is 0.373 e. The first kappa shape index (κ1) is 11.1. The van der Waals surface area contributed by atoms with Gasteiger partial charge < -0.3 is 4.90 Å². The highest BCUT2D eigenvalue weighted by Crippen LogP contribution is 2.30. The lowest BCUT2D eigenvalue weighted by molar-refractivity contribution is 0.383. The molecule has 0 spiro atoms. The molecule has 1 aliphatic rings. The van der Waals surface area contributed by atoms with Gasteiger partial charge in [0, 0.05) is 13.2 Å². The number of likely N-dealkylation sites (N-methyl/N-ethyl adjacent to an activating group) is 1. The summed E-state index contributed by atoms with van der Waals surface area (Å²) in [7, 11) is 2.14. The van der Waals surface area contributed by atoms with Crippen molar-refractivity contribution >= 4 is 0 Å². The Morgan fingerprint density at radius 1 is 1.43 bits per heavy atom. The summed E-state index contributed by atoms with van der Waals surface area (Å²) >= 11 is 0. The molecule has 14 heavy (non-hydrogen) atoms. The van der Waals surface area contributed by atoms with Crippen molar-refractivity contribution < 1.29 is 0 Å². The minimum Gasteiger partial charge on any atom is -0.373 e. The number of hydrogen-bond donors (Lipinski definition) is 0. The Labute approximate surface area is 87.8 Å². The van der Waals surface area contributed by atoms with E-state index in [1.165, 1.54) is 22.3 Å². The molecule has 1 rings (SSSR count). The van der Waals surface area contributed by atoms with Gasteiger partial charge in [0.15, 0.2) is 0 Å². The summed E-state index contributed by atoms with van der Waals surface area (Å²) in [6.07, 6.45) is 4.42. The zero-order chi connectivity index (χ0) is 10.9. The number of allylic oxidation sites excluding steroid dienone is 3. The molecule has 0 amide bonds. The van der Waals surface area contributed by atoms with Crippen molar-refractivity contribution in [3.8, 4) is 0 Å². The Bertz CT molecular complexity index is 318. The number of hydrogen-bond acceptors (Lipinski definition) is 1. The summed E-state index contributed by atoms with van der Waals surface area (Å²) in [6, 6.07) is 0.495. The Hall–Kier alpha value is -0.980. The van der Waals surface area contributed by atoms with Gasteiger partial charge in [-0.15, -0.1) is 0 Å². The van der Waals surface area contributed by atoms with Gasteiger partial charge in [-0.2, -0.15) is 0 Å². The van der Waals surface area contributed by atoms with E-state index in [-0.39, 0.29) is 0 Å². The van der Waals surface area contributed by atoms with E-state index in [1.807, 2.05) is 0 Å². The standard InChI is InChI=1S/C13H21N/c1-7-9(2)13-11(4)10(3)8-14(6)12(13)5/h7-8,12H,1-6H3/b9-7-. The van der Waals surface area contributed by atoms with Crippen LogP contribution >= 0.6 is 0 Å². The fourth-order valence-corrected chi connectivity index (χ4v) is 2.02. The third-order valence-corrected chi connectivity index (χ3v) is 3.28. The Kier molecular flexibility index (Phi) is 3.20. The van der Waals surface area contributed by atoms with Gasteiger partial charge in [-0.3, -0.25) is 0 Å². The van der Waals surface area contributed by atoms with Crippen molar-refractivity contribution in [1.82, 2.24) is 4.90 Å². The van der Waals surface area contributed by atoms with E-state index in [0.29, 0.717) is 6.04 Å². The zero-order valence-corrected chi connectivity index (χ0v) is 10.2. The van der Waals surface area contributed by atoms with E-state index < -0.39 is 0 Å². The molecule has 0 aromatic rings. The predicted octanol–water partition coefficient (Wildman–Crippen LogP) is 3.51. The molecule has 0 saturated carbocycles. The van der Waals surface area contributed by atoms with E-state index in [4.69, 9.17) is 0 Å². The summed E-state index contributed by atoms with van der Waals surface area (Å²) in [6.45, 7) is 11.0. The predicted molar refractivity (Wildman–Crippen MR) is 63.1 cm³/mol. The Balaban J connectivity index is 3.22. The smallest absolute Gasteiger partial charge is 0.0510 e. The first-order valence-electron chi connectivity index (χ1n) is 5.23. The van der Waals surface area contributed by atoms with Crippen molar-refractivity contribution in [2.45, 2.75) is 40.7 Å². The van der Waals surface area contributed by atoms with Crippen molar-refractivity contribution in [3.63, 3.8) is 0 Å². The van der Waals surface area contributed by atoms with Gasteiger partial charge in [0.25, 0.3) is 0 Å². The monoisotopic (exact) mass is 191 g/mol. The summed E-state index contributed by atoms with van der Waals surface area (Å²) in [5, 5.41) is 0. The molecule has 1 heteroatoms. The van der Waals surface area contributed by atoms with Crippen LogP contribution in [0.25, 0.3) is 0 Å². The molecule has 0 N–H and O–H groups in total. The van der Waals surface area contributed by atoms with Crippen LogP contribution in [0.1, 0.15) is 34.6 Å². The van der Waals surface area contributed by atoms with Crippen LogP contribution in [0.4, 0.5) is 0 Å². The van der Waals surface area contributed by atoms with Crippen LogP contribution in [0, 0.1) is 0 Å². The first-order chi connectivity index (χ1) is 6.49. The highest BCUT2D eigenvalue weighted by Gasteiger charge is 2.20. The maximum absolute atomic E-state index is 2.28. The van der Waals surface area contributed by atoms with Crippen LogP contribution in [0.5, 0.6) is 0 Å². The molecule has 0 aliphatic carbocycles. The van der Waals surface area contributed by atoms with Gasteiger partial charge in [-0.25, -0.2) is 0 Å². The summed E-state index contributed by atoms with van der Waals surface area (Å²) in [5.41, 5.74) is 5.69. The maximum Gasteiger partial charge on any atom is 0.0510 e. The fourth-order valence-electron chi connectivity index (χ4n) is 2.02. The summed E-state index contributed by atoms with van der Waals surface area (Å²) in [5.74, 6) is 0. The molecule has 1 unspecified atom stereocenters. The molecule has 0 radical (unpaired) electrons. The molecule has 0 bridgehead atoms. The minimum absolute atomic E-state index is 0.495. The van der Waals surface area contributed by atoms with Crippen molar-refractivity contribution in [2.24, 2.45) is 0 Å². The Morgan fingerprint density at radius 2 is 2.00 bits per heavy atom. The zero-order valence-electron chi connectivity index (χ0n) is 10.2. The van der Waals surface area contributed by atoms with Gasteiger partial charge >= 0.3 is 0 Å². The number of nitrogens with zero attached hydrogens (tertiary/aromatic N) is 1. The minimum atomic E-state index is 0.495. The van der Waals surface area contributed by atoms with Gasteiger partial charge in [0.2, 0.25) is 0 Å². The van der Waals surface area contributed by atoms with E-state index in [2.05, 4.69) is 58.8 Å². The third kappa shape index (κ3) is 1.77. The summed E-state index contributed by atoms with van der Waals surface area (Å²) < 4.78 is 0. The van der Waals surface area contributed by atoms with Crippen LogP contribution < -0.4 is 0 Å². The van der Waals surface area contributed by atoms with Crippen LogP contribution in [0.2, 0.25) is 0 Å². The molecule has 1 heterocycles. The van der Waals surface area contributed by atoms with E-state index in [1.54, 1.807) is 0 Å². The molecular weight excluding hydrogens is 170 g/mol. The molecule has 1 nitrogen and oxygen atoms in total. The van der Waals surface area contributed by atoms with E-state index >= 15 is 0 Å². The topological polar surface area (TPSA) is 3.24 Å². The average molecular weight is 191 g/mol. The molecule has 0 aromatic heterocycles. The van der Waals surface area contributed by atoms with Crippen molar-refractivity contribution in [3.05, 3.63) is 34.6 Å². The van der Waals surface area contributed by atoms with Gasteiger partial charge in [-0.05, 0) is 56.9 Å². The van der Waals surface area contributed by atoms with Crippen LogP contribution in [0.15, 0.2) is 34.6 Å². The molecule has 78 valence electrons. The molecule has 0 aromatic carbocycles. The normalized spacial score (nSPS) is 24.1. The quantitative estimate of drug-likeness (QED) is 0.613. The van der Waals surface area contributed by atoms with Crippen LogP contribution in [-0.4, -0.2) is 18.0 Å².